The third-order valence-electron chi connectivity index (χ3n) is 7.18. The van der Waals surface area contributed by atoms with E-state index < -0.39 is 47.0 Å². The minimum Gasteiger partial charge on any atom is -0.382 e. The minimum absolute atomic E-state index is 0.0859. The number of Topliss-reactive ketones (excluding diaryl/α,β-unsaturated/α-hetero) is 3. The van der Waals surface area contributed by atoms with Gasteiger partial charge in [0.1, 0.15) is 0 Å². The number of rotatable bonds is 23. The van der Waals surface area contributed by atoms with E-state index in [9.17, 15) is 29.7 Å². The largest absolute Gasteiger partial charge is 0.382 e. The first-order chi connectivity index (χ1) is 16.7. The topological polar surface area (TPSA) is 112 Å². The molecular weight excluding hydrogens is 444 g/mol. The Balaban J connectivity index is 5.81. The second-order valence-corrected chi connectivity index (χ2v) is 10.3. The van der Waals surface area contributed by atoms with Gasteiger partial charge in [-0.1, -0.05) is 98.8 Å². The van der Waals surface area contributed by atoms with Crippen LogP contribution in [-0.2, 0) is 14.4 Å². The molecule has 3 N–H and O–H groups in total. The SMILES string of the molecule is CCCCCCCCCC(=O)C(O)(C(O)C(=O)C(CCC)CCC)C(O)C(=O)C(CCC)CCC. The van der Waals surface area contributed by atoms with E-state index >= 15 is 0 Å². The molecule has 206 valence electrons. The van der Waals surface area contributed by atoms with Crippen LogP contribution < -0.4 is 0 Å². The van der Waals surface area contributed by atoms with Gasteiger partial charge in [-0.3, -0.25) is 14.4 Å². The molecule has 0 rings (SSSR count). The molecule has 0 bridgehead atoms. The molecule has 2 unspecified atom stereocenters. The monoisotopic (exact) mass is 498 g/mol. The Kier molecular flexibility index (Phi) is 18.5. The van der Waals surface area contributed by atoms with Crippen molar-refractivity contribution in [2.24, 2.45) is 11.8 Å². The summed E-state index contributed by atoms with van der Waals surface area (Å²) in [5.74, 6) is -3.17. The van der Waals surface area contributed by atoms with Crippen LogP contribution in [0.2, 0.25) is 0 Å². The molecule has 0 fully saturated rings. The van der Waals surface area contributed by atoms with Crippen molar-refractivity contribution in [3.05, 3.63) is 0 Å². The van der Waals surface area contributed by atoms with E-state index in [4.69, 9.17) is 0 Å². The fourth-order valence-electron chi connectivity index (χ4n) is 5.03. The third-order valence-corrected chi connectivity index (χ3v) is 7.18. The highest BCUT2D eigenvalue weighted by Crippen LogP contribution is 2.30. The molecule has 0 aromatic carbocycles. The zero-order chi connectivity index (χ0) is 26.9. The quantitative estimate of drug-likeness (QED) is 0.155. The Morgan fingerprint density at radius 2 is 0.914 bits per heavy atom. The van der Waals surface area contributed by atoms with Gasteiger partial charge in [-0.15, -0.1) is 0 Å². The zero-order valence-corrected chi connectivity index (χ0v) is 23.2. The van der Waals surface area contributed by atoms with Crippen molar-refractivity contribution in [3.63, 3.8) is 0 Å². The van der Waals surface area contributed by atoms with Gasteiger partial charge in [-0.2, -0.15) is 0 Å². The lowest BCUT2D eigenvalue weighted by Crippen LogP contribution is -2.64. The maximum atomic E-state index is 13.3. The van der Waals surface area contributed by atoms with Crippen molar-refractivity contribution in [2.75, 3.05) is 0 Å². The minimum atomic E-state index is -2.81. The first-order valence-electron chi connectivity index (χ1n) is 14.4. The summed E-state index contributed by atoms with van der Waals surface area (Å²) in [6, 6.07) is 0. The first-order valence-corrected chi connectivity index (χ1v) is 14.4. The van der Waals surface area contributed by atoms with E-state index in [0.29, 0.717) is 57.8 Å². The van der Waals surface area contributed by atoms with E-state index in [2.05, 4.69) is 6.92 Å². The van der Waals surface area contributed by atoms with E-state index in [1.54, 1.807) is 0 Å². The second kappa shape index (κ2) is 19.1. The van der Waals surface area contributed by atoms with Crippen LogP contribution in [0.25, 0.3) is 0 Å². The maximum absolute atomic E-state index is 13.3. The lowest BCUT2D eigenvalue weighted by atomic mass is 9.74. The van der Waals surface area contributed by atoms with Crippen LogP contribution in [0.15, 0.2) is 0 Å². The molecule has 35 heavy (non-hydrogen) atoms. The van der Waals surface area contributed by atoms with Crippen LogP contribution in [0, 0.1) is 11.8 Å². The number of aliphatic hydroxyl groups is 3. The normalized spacial score (nSPS) is 15.3. The van der Waals surface area contributed by atoms with Gasteiger partial charge in [-0.05, 0) is 32.1 Å². The van der Waals surface area contributed by atoms with Crippen molar-refractivity contribution in [2.45, 2.75) is 155 Å². The standard InChI is InChI=1S/C29H54O6/c1-6-11-12-13-14-15-16-21-24(30)29(35,27(33)25(31)22(17-7-2)18-8-3)28(34)26(32)23(19-9-4)20-10-5/h22-23,27-28,33-35H,6-21H2,1-5H3. The number of hydrogen-bond acceptors (Lipinski definition) is 6. The smallest absolute Gasteiger partial charge is 0.189 e. The second-order valence-electron chi connectivity index (χ2n) is 10.3. The molecule has 6 heteroatoms. The molecule has 0 saturated carbocycles. The van der Waals surface area contributed by atoms with Gasteiger partial charge in [0.2, 0.25) is 0 Å². The molecule has 0 saturated heterocycles. The average Bonchev–Trinajstić information content (AvgIpc) is 2.85. The fourth-order valence-corrected chi connectivity index (χ4v) is 5.03. The molecule has 6 nitrogen and oxygen atoms in total. The molecule has 0 heterocycles. The third kappa shape index (κ3) is 10.8. The highest BCUT2D eigenvalue weighted by Gasteiger charge is 2.55. The van der Waals surface area contributed by atoms with E-state index in [-0.39, 0.29) is 6.42 Å². The summed E-state index contributed by atoms with van der Waals surface area (Å²) in [5.41, 5.74) is -2.81. The summed E-state index contributed by atoms with van der Waals surface area (Å²) >= 11 is 0. The van der Waals surface area contributed by atoms with Gasteiger partial charge in [-0.25, -0.2) is 0 Å². The van der Waals surface area contributed by atoms with Crippen molar-refractivity contribution >= 4 is 17.3 Å². The summed E-state index contributed by atoms with van der Waals surface area (Å²) in [4.78, 5) is 39.7. The molecule has 0 spiro atoms. The molecule has 0 aliphatic heterocycles. The van der Waals surface area contributed by atoms with Gasteiger partial charge in [0.05, 0.1) is 0 Å². The number of aliphatic hydroxyl groups excluding tert-OH is 2. The predicted octanol–water partition coefficient (Wildman–Crippen LogP) is 5.72. The molecule has 0 aliphatic rings. The van der Waals surface area contributed by atoms with E-state index in [1.807, 2.05) is 27.7 Å². The van der Waals surface area contributed by atoms with Crippen LogP contribution in [0.4, 0.5) is 0 Å². The summed E-state index contributed by atoms with van der Waals surface area (Å²) in [6.07, 6.45) is 7.35. The number of hydrogen-bond donors (Lipinski definition) is 3. The first kappa shape index (κ1) is 33.9. The van der Waals surface area contributed by atoms with E-state index in [1.165, 1.54) is 6.42 Å². The van der Waals surface area contributed by atoms with Gasteiger partial charge in [0.15, 0.2) is 35.2 Å². The Morgan fingerprint density at radius 3 is 1.26 bits per heavy atom. The van der Waals surface area contributed by atoms with Crippen LogP contribution in [0.5, 0.6) is 0 Å². The molecule has 0 aromatic rings. The predicted molar refractivity (Wildman–Crippen MR) is 141 cm³/mol. The van der Waals surface area contributed by atoms with Gasteiger partial charge in [0.25, 0.3) is 0 Å². The number of carbonyl (C=O) groups excluding carboxylic acids is 3. The van der Waals surface area contributed by atoms with Crippen LogP contribution in [0.1, 0.15) is 137 Å². The van der Waals surface area contributed by atoms with Crippen LogP contribution >= 0.6 is 0 Å². The molecular formula is C29H54O6. The summed E-state index contributed by atoms with van der Waals surface area (Å²) < 4.78 is 0. The van der Waals surface area contributed by atoms with Crippen LogP contribution in [0.3, 0.4) is 0 Å². The average molecular weight is 499 g/mol. The van der Waals surface area contributed by atoms with Crippen molar-refractivity contribution in [1.82, 2.24) is 0 Å². The van der Waals surface area contributed by atoms with E-state index in [0.717, 1.165) is 32.1 Å². The molecule has 2 atom stereocenters. The summed E-state index contributed by atoms with van der Waals surface area (Å²) in [6.45, 7) is 9.87. The highest BCUT2D eigenvalue weighted by atomic mass is 16.4. The van der Waals surface area contributed by atoms with Gasteiger partial charge >= 0.3 is 0 Å². The Hall–Kier alpha value is -1.11. The Bertz CT molecular complexity index is 556. The molecule has 0 aliphatic carbocycles. The number of unbranched alkanes of at least 4 members (excludes halogenated alkanes) is 6. The van der Waals surface area contributed by atoms with Crippen molar-refractivity contribution in [1.29, 1.82) is 0 Å². The lowest BCUT2D eigenvalue weighted by molar-refractivity contribution is -0.184. The van der Waals surface area contributed by atoms with Crippen LogP contribution in [-0.4, -0.2) is 50.5 Å². The fraction of sp³-hybridized carbons (Fsp3) is 0.897. The Morgan fingerprint density at radius 1 is 0.571 bits per heavy atom. The molecule has 0 aromatic heterocycles. The summed E-state index contributed by atoms with van der Waals surface area (Å²) in [5, 5.41) is 33.6. The maximum Gasteiger partial charge on any atom is 0.189 e. The number of carbonyl (C=O) groups is 3. The molecule has 0 amide bonds. The van der Waals surface area contributed by atoms with Crippen molar-refractivity contribution in [3.8, 4) is 0 Å². The zero-order valence-electron chi connectivity index (χ0n) is 23.2. The van der Waals surface area contributed by atoms with Crippen molar-refractivity contribution < 1.29 is 29.7 Å². The lowest BCUT2D eigenvalue weighted by Gasteiger charge is -2.37. The number of ketones is 3. The Labute approximate surface area is 214 Å². The van der Waals surface area contributed by atoms with Gasteiger partial charge < -0.3 is 15.3 Å². The van der Waals surface area contributed by atoms with Gasteiger partial charge in [0, 0.05) is 18.3 Å². The molecule has 0 radical (unpaired) electrons. The summed E-state index contributed by atoms with van der Waals surface area (Å²) in [7, 11) is 0. The highest BCUT2D eigenvalue weighted by molar-refractivity contribution is 6.02.